The van der Waals surface area contributed by atoms with Crippen LogP contribution in [0.5, 0.6) is 0 Å². The maximum absolute atomic E-state index is 9.29. The first-order valence-electron chi connectivity index (χ1n) is 5.02. The summed E-state index contributed by atoms with van der Waals surface area (Å²) in [5.74, 6) is 0. The molecule has 2 unspecified atom stereocenters. The van der Waals surface area contributed by atoms with Crippen LogP contribution in [0.2, 0.25) is 0 Å². The van der Waals surface area contributed by atoms with E-state index in [0.717, 1.165) is 32.5 Å². The van der Waals surface area contributed by atoms with Gasteiger partial charge in [0, 0.05) is 19.6 Å². The molecule has 0 aromatic rings. The maximum Gasteiger partial charge on any atom is 0.0931 e. The first-order valence-corrected chi connectivity index (χ1v) is 5.02. The molecule has 76 valence electrons. The summed E-state index contributed by atoms with van der Waals surface area (Å²) in [6.45, 7) is 3.70. The van der Waals surface area contributed by atoms with Gasteiger partial charge in [0.2, 0.25) is 0 Å². The Morgan fingerprint density at radius 3 is 2.62 bits per heavy atom. The topological polar surface area (TPSA) is 35.9 Å². The fraction of sp³-hybridized carbons (Fsp3) is 1.00. The molecule has 2 rings (SSSR count). The third-order valence-electron chi connectivity index (χ3n) is 2.77. The second-order valence-corrected chi connectivity index (χ2v) is 4.11. The fourth-order valence-corrected chi connectivity index (χ4v) is 2.00. The molecule has 2 aliphatic rings. The lowest BCUT2D eigenvalue weighted by Gasteiger charge is -2.20. The van der Waals surface area contributed by atoms with E-state index in [1.165, 1.54) is 0 Å². The number of rotatable bonds is 2. The van der Waals surface area contributed by atoms with Crippen molar-refractivity contribution in [1.29, 1.82) is 0 Å². The van der Waals surface area contributed by atoms with Crippen LogP contribution in [0, 0.1) is 0 Å². The van der Waals surface area contributed by atoms with Crippen LogP contribution in [0.4, 0.5) is 0 Å². The molecule has 2 fully saturated rings. The summed E-state index contributed by atoms with van der Waals surface area (Å²) in [5, 5.41) is 11.2. The van der Waals surface area contributed by atoms with Crippen molar-refractivity contribution in [2.24, 2.45) is 0 Å². The van der Waals surface area contributed by atoms with Gasteiger partial charge >= 0.3 is 0 Å². The third-order valence-corrected chi connectivity index (χ3v) is 2.77. The molecule has 0 aromatic carbocycles. The molecule has 4 heteroatoms. The highest BCUT2D eigenvalue weighted by Crippen LogP contribution is 2.16. The van der Waals surface area contributed by atoms with Gasteiger partial charge < -0.3 is 10.0 Å². The van der Waals surface area contributed by atoms with E-state index in [0.29, 0.717) is 12.6 Å². The molecule has 2 saturated heterocycles. The van der Waals surface area contributed by atoms with Gasteiger partial charge in [-0.25, -0.2) is 0 Å². The lowest BCUT2D eigenvalue weighted by Crippen LogP contribution is -2.30. The summed E-state index contributed by atoms with van der Waals surface area (Å²) < 4.78 is 0. The van der Waals surface area contributed by atoms with Crippen molar-refractivity contribution in [3.8, 4) is 0 Å². The quantitative estimate of drug-likeness (QED) is 0.641. The Morgan fingerprint density at radius 1 is 1.23 bits per heavy atom. The van der Waals surface area contributed by atoms with E-state index < -0.39 is 0 Å². The number of aliphatic hydroxyl groups excluding tert-OH is 1. The smallest absolute Gasteiger partial charge is 0.0931 e. The minimum Gasteiger partial charge on any atom is -0.392 e. The lowest BCUT2D eigenvalue weighted by molar-refractivity contribution is -0.183. The molecule has 0 amide bonds. The van der Waals surface area contributed by atoms with Crippen LogP contribution in [0.1, 0.15) is 12.8 Å². The Hall–Kier alpha value is -0.160. The molecule has 2 aliphatic heterocycles. The summed E-state index contributed by atoms with van der Waals surface area (Å²) in [5.41, 5.74) is 0. The van der Waals surface area contributed by atoms with Crippen LogP contribution >= 0.6 is 0 Å². The summed E-state index contributed by atoms with van der Waals surface area (Å²) in [6.07, 6.45) is 2.13. The number of hydrogen-bond acceptors (Lipinski definition) is 4. The van der Waals surface area contributed by atoms with Crippen molar-refractivity contribution >= 4 is 0 Å². The number of hydrogen-bond donors (Lipinski definition) is 1. The minimum atomic E-state index is -0.181. The number of likely N-dealkylation sites (tertiary alicyclic amines) is 1. The van der Waals surface area contributed by atoms with E-state index in [1.807, 2.05) is 5.06 Å². The first kappa shape index (κ1) is 9.40. The van der Waals surface area contributed by atoms with Crippen LogP contribution in [-0.4, -0.2) is 60.5 Å². The molecule has 0 aliphatic carbocycles. The molecule has 2 atom stereocenters. The number of aliphatic hydroxyl groups is 1. The van der Waals surface area contributed by atoms with Crippen molar-refractivity contribution < 1.29 is 9.94 Å². The van der Waals surface area contributed by atoms with Gasteiger partial charge in [-0.15, -0.1) is 0 Å². The molecule has 0 saturated carbocycles. The van der Waals surface area contributed by atoms with Crippen LogP contribution < -0.4 is 0 Å². The molecule has 0 radical (unpaired) electrons. The highest BCUT2D eigenvalue weighted by Gasteiger charge is 2.27. The Kier molecular flexibility index (Phi) is 2.83. The minimum absolute atomic E-state index is 0.181. The fourth-order valence-electron chi connectivity index (χ4n) is 2.00. The number of β-amino-alcohol motifs (C(OH)–C–C–N with tert-alkyl or cyclic N) is 1. The van der Waals surface area contributed by atoms with E-state index in [9.17, 15) is 5.11 Å². The normalized spacial score (nSPS) is 37.4. The van der Waals surface area contributed by atoms with Crippen LogP contribution in [-0.2, 0) is 4.84 Å². The summed E-state index contributed by atoms with van der Waals surface area (Å²) in [7, 11) is 2.11. The first-order chi connectivity index (χ1) is 6.24. The highest BCUT2D eigenvalue weighted by molar-refractivity contribution is 4.75. The summed E-state index contributed by atoms with van der Waals surface area (Å²) in [4.78, 5) is 8.02. The summed E-state index contributed by atoms with van der Waals surface area (Å²) in [6, 6.07) is 0. The summed E-state index contributed by atoms with van der Waals surface area (Å²) >= 11 is 0. The zero-order valence-electron chi connectivity index (χ0n) is 8.15. The monoisotopic (exact) mass is 186 g/mol. The molecular weight excluding hydrogens is 168 g/mol. The molecule has 0 bridgehead atoms. The van der Waals surface area contributed by atoms with E-state index in [4.69, 9.17) is 4.84 Å². The van der Waals surface area contributed by atoms with Gasteiger partial charge in [-0.2, -0.15) is 5.06 Å². The van der Waals surface area contributed by atoms with Crippen LogP contribution in [0.15, 0.2) is 0 Å². The average molecular weight is 186 g/mol. The van der Waals surface area contributed by atoms with E-state index in [2.05, 4.69) is 11.9 Å². The average Bonchev–Trinajstić information content (AvgIpc) is 2.62. The zero-order valence-corrected chi connectivity index (χ0v) is 8.15. The van der Waals surface area contributed by atoms with Crippen molar-refractivity contribution in [2.75, 3.05) is 33.2 Å². The molecule has 2 heterocycles. The SMILES string of the molecule is CN1CCC(ON2CCC(O)C2)C1. The second kappa shape index (κ2) is 3.92. The molecule has 4 nitrogen and oxygen atoms in total. The largest absolute Gasteiger partial charge is 0.392 e. The van der Waals surface area contributed by atoms with E-state index >= 15 is 0 Å². The van der Waals surface area contributed by atoms with Crippen LogP contribution in [0.3, 0.4) is 0 Å². The number of likely N-dealkylation sites (N-methyl/N-ethyl adjacent to an activating group) is 1. The van der Waals surface area contributed by atoms with Gasteiger partial charge in [0.25, 0.3) is 0 Å². The third kappa shape index (κ3) is 2.40. The standard InChI is InChI=1S/C9H18N2O2/c1-10-4-3-9(7-10)13-11-5-2-8(12)6-11/h8-9,12H,2-7H2,1H3. The van der Waals surface area contributed by atoms with Gasteiger partial charge in [-0.05, 0) is 19.9 Å². The van der Waals surface area contributed by atoms with E-state index in [1.54, 1.807) is 0 Å². The van der Waals surface area contributed by atoms with Crippen LogP contribution in [0.25, 0.3) is 0 Å². The van der Waals surface area contributed by atoms with Crippen molar-refractivity contribution in [3.05, 3.63) is 0 Å². The Bertz CT molecular complexity index is 159. The Morgan fingerprint density at radius 2 is 2.08 bits per heavy atom. The van der Waals surface area contributed by atoms with Gasteiger partial charge in [0.1, 0.15) is 0 Å². The predicted molar refractivity (Wildman–Crippen MR) is 49.2 cm³/mol. The lowest BCUT2D eigenvalue weighted by atomic mass is 10.3. The Labute approximate surface area is 79.0 Å². The van der Waals surface area contributed by atoms with Crippen molar-refractivity contribution in [2.45, 2.75) is 25.0 Å². The van der Waals surface area contributed by atoms with E-state index in [-0.39, 0.29) is 6.10 Å². The van der Waals surface area contributed by atoms with Crippen molar-refractivity contribution in [1.82, 2.24) is 9.96 Å². The van der Waals surface area contributed by atoms with Gasteiger partial charge in [0.15, 0.2) is 0 Å². The molecular formula is C9H18N2O2. The van der Waals surface area contributed by atoms with Gasteiger partial charge in [-0.3, -0.25) is 4.84 Å². The second-order valence-electron chi connectivity index (χ2n) is 4.11. The Balaban J connectivity index is 1.72. The number of nitrogens with zero attached hydrogens (tertiary/aromatic N) is 2. The predicted octanol–water partition coefficient (Wildman–Crippen LogP) is -0.311. The number of hydroxylamine groups is 2. The molecule has 13 heavy (non-hydrogen) atoms. The molecule has 0 spiro atoms. The molecule has 1 N–H and O–H groups in total. The maximum atomic E-state index is 9.29. The zero-order chi connectivity index (χ0) is 9.26. The van der Waals surface area contributed by atoms with Crippen molar-refractivity contribution in [3.63, 3.8) is 0 Å². The molecule has 0 aromatic heterocycles. The van der Waals surface area contributed by atoms with Gasteiger partial charge in [0.05, 0.1) is 18.8 Å². The highest BCUT2D eigenvalue weighted by atomic mass is 16.7. The van der Waals surface area contributed by atoms with Gasteiger partial charge in [-0.1, -0.05) is 0 Å².